The maximum Gasteiger partial charge on any atom is 0.488 e. The van der Waals surface area contributed by atoms with E-state index >= 15 is 0 Å². The summed E-state index contributed by atoms with van der Waals surface area (Å²) in [5.74, 6) is -0.692. The number of rotatable bonds is 7. The molecule has 2 aromatic carbocycles. The monoisotopic (exact) mass is 444 g/mol. The third-order valence-corrected chi connectivity index (χ3v) is 5.21. The van der Waals surface area contributed by atoms with Gasteiger partial charge in [-0.05, 0) is 24.0 Å². The average Bonchev–Trinajstić information content (AvgIpc) is 3.13. The molecule has 0 aliphatic heterocycles. The number of hydrogen-bond donors (Lipinski definition) is 6. The number of aryl methyl sites for hydroxylation is 1. The molecule has 0 aliphatic rings. The molecule has 0 unspecified atom stereocenters. The third-order valence-electron chi connectivity index (χ3n) is 5.21. The summed E-state index contributed by atoms with van der Waals surface area (Å²) in [4.78, 5) is 35.8. The summed E-state index contributed by atoms with van der Waals surface area (Å²) in [6.07, 6.45) is 0. The zero-order valence-electron chi connectivity index (χ0n) is 17.7. The molecule has 2 heterocycles. The molecule has 11 heteroatoms. The first-order valence-electron chi connectivity index (χ1n) is 10.0. The number of nitrogens with one attached hydrogen (secondary N) is 2. The van der Waals surface area contributed by atoms with E-state index < -0.39 is 18.9 Å². The number of nitrogens with two attached hydrogens (primary N) is 2. The van der Waals surface area contributed by atoms with Gasteiger partial charge in [0.2, 0.25) is 0 Å². The predicted molar refractivity (Wildman–Crippen MR) is 125 cm³/mol. The van der Waals surface area contributed by atoms with E-state index in [1.807, 2.05) is 6.07 Å². The molecule has 2 aromatic heterocycles. The molecule has 0 bridgehead atoms. The predicted octanol–water partition coefficient (Wildman–Crippen LogP) is 0.423. The molecule has 0 fully saturated rings. The van der Waals surface area contributed by atoms with Crippen LogP contribution in [-0.2, 0) is 6.54 Å². The van der Waals surface area contributed by atoms with E-state index in [0.29, 0.717) is 45.5 Å². The van der Waals surface area contributed by atoms with Gasteiger partial charge in [0.15, 0.2) is 5.82 Å². The quantitative estimate of drug-likeness (QED) is 0.224. The number of aromatic nitrogens is 3. The van der Waals surface area contributed by atoms with Crippen molar-refractivity contribution in [3.05, 3.63) is 71.0 Å². The van der Waals surface area contributed by atoms with E-state index in [9.17, 15) is 19.6 Å². The molecule has 8 N–H and O–H groups in total. The lowest BCUT2D eigenvalue weighted by atomic mass is 9.80. The molecule has 0 radical (unpaired) electrons. The Morgan fingerprint density at radius 2 is 1.82 bits per heavy atom. The summed E-state index contributed by atoms with van der Waals surface area (Å²) >= 11 is 0. The highest BCUT2D eigenvalue weighted by molar-refractivity contribution is 6.58. The average molecular weight is 444 g/mol. The van der Waals surface area contributed by atoms with Crippen LogP contribution in [0.15, 0.2) is 48.5 Å². The first-order valence-corrected chi connectivity index (χ1v) is 10.0. The number of anilines is 1. The number of primary amides is 2. The summed E-state index contributed by atoms with van der Waals surface area (Å²) in [5.41, 5.74) is 14.3. The van der Waals surface area contributed by atoms with Crippen molar-refractivity contribution >= 4 is 41.1 Å². The van der Waals surface area contributed by atoms with Gasteiger partial charge >= 0.3 is 7.12 Å². The fourth-order valence-corrected chi connectivity index (χ4v) is 3.67. The highest BCUT2D eigenvalue weighted by Gasteiger charge is 2.19. The van der Waals surface area contributed by atoms with Gasteiger partial charge in [-0.25, -0.2) is 9.97 Å². The van der Waals surface area contributed by atoms with Crippen molar-refractivity contribution in [2.75, 3.05) is 5.32 Å². The van der Waals surface area contributed by atoms with Crippen LogP contribution >= 0.6 is 0 Å². The topological polar surface area (TPSA) is 180 Å². The van der Waals surface area contributed by atoms with Gasteiger partial charge in [-0.3, -0.25) is 9.59 Å². The van der Waals surface area contributed by atoms with Crippen LogP contribution in [0.2, 0.25) is 0 Å². The number of H-pyrrole nitrogens is 1. The lowest BCUT2D eigenvalue weighted by Crippen LogP contribution is -2.30. The number of aromatic amines is 1. The maximum atomic E-state index is 11.9. The van der Waals surface area contributed by atoms with Crippen molar-refractivity contribution in [1.29, 1.82) is 0 Å². The third kappa shape index (κ3) is 4.40. The highest BCUT2D eigenvalue weighted by atomic mass is 16.4. The number of carbonyl (C=O) groups excluding carboxylic acids is 2. The molecular weight excluding hydrogens is 423 g/mol. The fourth-order valence-electron chi connectivity index (χ4n) is 3.67. The van der Waals surface area contributed by atoms with E-state index in [-0.39, 0.29) is 11.5 Å². The minimum Gasteiger partial charge on any atom is -0.423 e. The molecule has 33 heavy (non-hydrogen) atoms. The second-order valence-corrected chi connectivity index (χ2v) is 7.52. The Morgan fingerprint density at radius 1 is 1.06 bits per heavy atom. The lowest BCUT2D eigenvalue weighted by Gasteiger charge is -2.10. The van der Waals surface area contributed by atoms with Gasteiger partial charge in [-0.2, -0.15) is 0 Å². The van der Waals surface area contributed by atoms with E-state index in [0.717, 1.165) is 5.56 Å². The van der Waals surface area contributed by atoms with Crippen LogP contribution in [0.5, 0.6) is 0 Å². The molecule has 0 spiro atoms. The zero-order chi connectivity index (χ0) is 23.7. The van der Waals surface area contributed by atoms with Crippen LogP contribution < -0.4 is 22.2 Å². The van der Waals surface area contributed by atoms with Crippen molar-refractivity contribution in [3.8, 4) is 11.4 Å². The Bertz CT molecular complexity index is 1380. The van der Waals surface area contributed by atoms with Gasteiger partial charge in [0, 0.05) is 29.3 Å². The standard InChI is InChI=1S/C22H21BN6O4/c1-11-18(14-6-3-7-15(20(24)30)19(14)27-11)22-28-16(21(25)31)9-17(29-22)26-10-12-4-2-5-13(8-12)23(32)33/h2-9,27,32-33H,10H2,1H3,(H2,24,30)(H2,25,31)(H,26,28,29). The molecule has 0 atom stereocenters. The molecule has 0 saturated heterocycles. The maximum absolute atomic E-state index is 11.9. The Balaban J connectivity index is 1.76. The van der Waals surface area contributed by atoms with Gasteiger partial charge in [0.25, 0.3) is 11.8 Å². The lowest BCUT2D eigenvalue weighted by molar-refractivity contribution is 0.0989. The van der Waals surface area contributed by atoms with Gasteiger partial charge in [0.1, 0.15) is 11.5 Å². The molecule has 10 nitrogen and oxygen atoms in total. The first kappa shape index (κ1) is 22.0. The summed E-state index contributed by atoms with van der Waals surface area (Å²) in [6.45, 7) is 2.10. The van der Waals surface area contributed by atoms with Crippen molar-refractivity contribution in [2.45, 2.75) is 13.5 Å². The Hall–Kier alpha value is -4.22. The minimum absolute atomic E-state index is 0.0156. The van der Waals surface area contributed by atoms with Gasteiger partial charge in [-0.1, -0.05) is 36.4 Å². The van der Waals surface area contributed by atoms with Crippen molar-refractivity contribution in [2.24, 2.45) is 11.5 Å². The molecule has 0 saturated carbocycles. The molecule has 166 valence electrons. The van der Waals surface area contributed by atoms with Crippen molar-refractivity contribution < 1.29 is 19.6 Å². The number of fused-ring (bicyclic) bond motifs is 1. The Morgan fingerprint density at radius 3 is 2.52 bits per heavy atom. The van der Waals surface area contributed by atoms with Gasteiger partial charge in [0.05, 0.1) is 11.1 Å². The van der Waals surface area contributed by atoms with Crippen LogP contribution in [-0.4, -0.2) is 43.9 Å². The number of carbonyl (C=O) groups is 2. The van der Waals surface area contributed by atoms with Crippen LogP contribution in [0.3, 0.4) is 0 Å². The van der Waals surface area contributed by atoms with Crippen LogP contribution in [0.4, 0.5) is 5.82 Å². The van der Waals surface area contributed by atoms with E-state index in [2.05, 4.69) is 20.3 Å². The molecule has 4 aromatic rings. The number of para-hydroxylation sites is 1. The minimum atomic E-state index is -1.58. The van der Waals surface area contributed by atoms with Crippen molar-refractivity contribution in [1.82, 2.24) is 15.0 Å². The number of amides is 2. The SMILES string of the molecule is Cc1[nH]c2c(C(N)=O)cccc2c1-c1nc(NCc2cccc(B(O)O)c2)cc(C(N)=O)n1. The second kappa shape index (κ2) is 8.73. The summed E-state index contributed by atoms with van der Waals surface area (Å²) < 4.78 is 0. The summed E-state index contributed by atoms with van der Waals surface area (Å²) in [5, 5.41) is 22.5. The highest BCUT2D eigenvalue weighted by Crippen LogP contribution is 2.32. The smallest absolute Gasteiger partial charge is 0.423 e. The van der Waals surface area contributed by atoms with E-state index in [1.165, 1.54) is 6.07 Å². The Kier molecular flexibility index (Phi) is 5.82. The zero-order valence-corrected chi connectivity index (χ0v) is 17.7. The summed E-state index contributed by atoms with van der Waals surface area (Å²) in [7, 11) is -1.58. The van der Waals surface area contributed by atoms with Gasteiger partial charge in [-0.15, -0.1) is 0 Å². The van der Waals surface area contributed by atoms with E-state index in [4.69, 9.17) is 11.5 Å². The van der Waals surface area contributed by atoms with Crippen LogP contribution in [0, 0.1) is 6.92 Å². The van der Waals surface area contributed by atoms with Crippen LogP contribution in [0.25, 0.3) is 22.3 Å². The molecule has 0 aliphatic carbocycles. The second-order valence-electron chi connectivity index (χ2n) is 7.52. The number of nitrogens with zero attached hydrogens (tertiary/aromatic N) is 2. The largest absolute Gasteiger partial charge is 0.488 e. The first-order chi connectivity index (χ1) is 15.7. The van der Waals surface area contributed by atoms with Crippen LogP contribution in [0.1, 0.15) is 32.1 Å². The number of benzene rings is 2. The summed E-state index contributed by atoms with van der Waals surface area (Å²) in [6, 6.07) is 13.3. The normalized spacial score (nSPS) is 10.9. The fraction of sp³-hybridized carbons (Fsp3) is 0.0909. The molecular formula is C22H21BN6O4. The number of hydrogen-bond acceptors (Lipinski definition) is 7. The molecule has 4 rings (SSSR count). The Labute approximate surface area is 188 Å². The van der Waals surface area contributed by atoms with Crippen molar-refractivity contribution in [3.63, 3.8) is 0 Å². The molecule has 2 amide bonds. The van der Waals surface area contributed by atoms with Gasteiger partial charge < -0.3 is 31.8 Å². The van der Waals surface area contributed by atoms with E-state index in [1.54, 1.807) is 43.3 Å².